The molecule has 0 aliphatic carbocycles. The van der Waals surface area contributed by atoms with E-state index >= 15 is 0 Å². The van der Waals surface area contributed by atoms with E-state index in [9.17, 15) is 4.79 Å². The molecule has 25 heavy (non-hydrogen) atoms. The Labute approximate surface area is 148 Å². The van der Waals surface area contributed by atoms with Crippen LogP contribution in [0.5, 0.6) is 0 Å². The highest BCUT2D eigenvalue weighted by molar-refractivity contribution is 6.04. The smallest absolute Gasteiger partial charge is 0.255 e. The van der Waals surface area contributed by atoms with Gasteiger partial charge in [0.2, 0.25) is 0 Å². The summed E-state index contributed by atoms with van der Waals surface area (Å²) in [6, 6.07) is 19.5. The topological polar surface area (TPSA) is 42.0 Å². The quantitative estimate of drug-likeness (QED) is 0.693. The molecule has 2 aromatic carbocycles. The highest BCUT2D eigenvalue weighted by Gasteiger charge is 2.08. The number of carbonyl (C=O) groups excluding carboxylic acids is 1. The van der Waals surface area contributed by atoms with Crippen molar-refractivity contribution in [1.82, 2.24) is 4.98 Å². The van der Waals surface area contributed by atoms with Gasteiger partial charge in [0, 0.05) is 23.0 Å². The second kappa shape index (κ2) is 7.31. The molecule has 3 heteroatoms. The summed E-state index contributed by atoms with van der Waals surface area (Å²) in [5.41, 5.74) is 5.77. The van der Waals surface area contributed by atoms with Crippen LogP contribution in [0.3, 0.4) is 0 Å². The molecule has 0 atom stereocenters. The maximum atomic E-state index is 12.4. The van der Waals surface area contributed by atoms with Gasteiger partial charge in [-0.15, -0.1) is 0 Å². The third-order valence-electron chi connectivity index (χ3n) is 4.19. The average Bonchev–Trinajstić information content (AvgIpc) is 2.62. The van der Waals surface area contributed by atoms with Crippen LogP contribution < -0.4 is 5.32 Å². The Hall–Kier alpha value is -2.94. The monoisotopic (exact) mass is 330 g/mol. The summed E-state index contributed by atoms with van der Waals surface area (Å²) in [5, 5.41) is 2.94. The minimum absolute atomic E-state index is 0.110. The van der Waals surface area contributed by atoms with E-state index in [1.54, 1.807) is 6.20 Å². The highest BCUT2D eigenvalue weighted by Crippen LogP contribution is 2.20. The van der Waals surface area contributed by atoms with Crippen molar-refractivity contribution >= 4 is 11.6 Å². The molecule has 0 aliphatic heterocycles. The largest absolute Gasteiger partial charge is 0.322 e. The second-order valence-corrected chi connectivity index (χ2v) is 6.53. The third kappa shape index (κ3) is 4.13. The number of anilines is 1. The van der Waals surface area contributed by atoms with Crippen LogP contribution in [0, 0.1) is 6.92 Å². The van der Waals surface area contributed by atoms with Crippen LogP contribution in [0.4, 0.5) is 5.69 Å². The predicted molar refractivity (Wildman–Crippen MR) is 103 cm³/mol. The van der Waals surface area contributed by atoms with Gasteiger partial charge >= 0.3 is 0 Å². The molecule has 0 saturated carbocycles. The van der Waals surface area contributed by atoms with Gasteiger partial charge in [-0.3, -0.25) is 9.78 Å². The average molecular weight is 330 g/mol. The molecule has 0 saturated heterocycles. The molecule has 0 bridgehead atoms. The van der Waals surface area contributed by atoms with E-state index in [0.29, 0.717) is 11.5 Å². The van der Waals surface area contributed by atoms with Crippen LogP contribution in [0.15, 0.2) is 66.9 Å². The van der Waals surface area contributed by atoms with Gasteiger partial charge in [0.1, 0.15) is 0 Å². The van der Waals surface area contributed by atoms with Gasteiger partial charge in [-0.25, -0.2) is 0 Å². The summed E-state index contributed by atoms with van der Waals surface area (Å²) < 4.78 is 0. The Bertz CT molecular complexity index is 865. The molecule has 0 radical (unpaired) electrons. The van der Waals surface area contributed by atoms with Gasteiger partial charge in [0.25, 0.3) is 5.91 Å². The molecule has 0 fully saturated rings. The van der Waals surface area contributed by atoms with Gasteiger partial charge in [-0.2, -0.15) is 0 Å². The summed E-state index contributed by atoms with van der Waals surface area (Å²) in [7, 11) is 0. The zero-order chi connectivity index (χ0) is 17.8. The SMILES string of the molecule is Cc1ccnc(-c2ccc(C(=O)Nc3ccc(C(C)C)cc3)cc2)c1. The molecule has 3 nitrogen and oxygen atoms in total. The fourth-order valence-corrected chi connectivity index (χ4v) is 2.64. The summed E-state index contributed by atoms with van der Waals surface area (Å²) in [6.45, 7) is 6.34. The first kappa shape index (κ1) is 16.9. The Morgan fingerprint density at radius 2 is 1.64 bits per heavy atom. The molecular weight excluding hydrogens is 308 g/mol. The van der Waals surface area contributed by atoms with Crippen LogP contribution in [0.1, 0.15) is 41.3 Å². The zero-order valence-electron chi connectivity index (χ0n) is 14.8. The zero-order valence-corrected chi connectivity index (χ0v) is 14.8. The molecule has 1 heterocycles. The van der Waals surface area contributed by atoms with Crippen molar-refractivity contribution in [2.24, 2.45) is 0 Å². The minimum atomic E-state index is -0.110. The molecule has 126 valence electrons. The summed E-state index contributed by atoms with van der Waals surface area (Å²) in [6.07, 6.45) is 1.80. The number of rotatable bonds is 4. The lowest BCUT2D eigenvalue weighted by Gasteiger charge is -2.09. The Kier molecular flexibility index (Phi) is 4.94. The Morgan fingerprint density at radius 3 is 2.24 bits per heavy atom. The number of aromatic nitrogens is 1. The first-order valence-corrected chi connectivity index (χ1v) is 8.47. The van der Waals surface area contributed by atoms with Crippen LogP contribution in [0.25, 0.3) is 11.3 Å². The van der Waals surface area contributed by atoms with Crippen LogP contribution >= 0.6 is 0 Å². The number of pyridine rings is 1. The molecule has 0 unspecified atom stereocenters. The van der Waals surface area contributed by atoms with Crippen molar-refractivity contribution in [1.29, 1.82) is 0 Å². The highest BCUT2D eigenvalue weighted by atomic mass is 16.1. The van der Waals surface area contributed by atoms with Gasteiger partial charge in [0.15, 0.2) is 0 Å². The van der Waals surface area contributed by atoms with E-state index < -0.39 is 0 Å². The minimum Gasteiger partial charge on any atom is -0.322 e. The summed E-state index contributed by atoms with van der Waals surface area (Å²) >= 11 is 0. The summed E-state index contributed by atoms with van der Waals surface area (Å²) in [5.74, 6) is 0.369. The molecular formula is C22H22N2O. The van der Waals surface area contributed by atoms with E-state index in [2.05, 4.69) is 24.1 Å². The maximum absolute atomic E-state index is 12.4. The number of benzene rings is 2. The molecule has 0 spiro atoms. The maximum Gasteiger partial charge on any atom is 0.255 e. The van der Waals surface area contributed by atoms with Gasteiger partial charge < -0.3 is 5.32 Å². The molecule has 1 aromatic heterocycles. The fourth-order valence-electron chi connectivity index (χ4n) is 2.64. The number of aryl methyl sites for hydroxylation is 1. The molecule has 1 N–H and O–H groups in total. The van der Waals surface area contributed by atoms with Crippen LogP contribution in [-0.2, 0) is 0 Å². The number of nitrogens with zero attached hydrogens (tertiary/aromatic N) is 1. The number of hydrogen-bond donors (Lipinski definition) is 1. The van der Waals surface area contributed by atoms with E-state index in [1.165, 1.54) is 5.56 Å². The normalized spacial score (nSPS) is 10.7. The van der Waals surface area contributed by atoms with E-state index in [0.717, 1.165) is 22.5 Å². The van der Waals surface area contributed by atoms with Gasteiger partial charge in [-0.05, 0) is 60.4 Å². The third-order valence-corrected chi connectivity index (χ3v) is 4.19. The van der Waals surface area contributed by atoms with E-state index in [4.69, 9.17) is 0 Å². The molecule has 3 aromatic rings. The van der Waals surface area contributed by atoms with Crippen LogP contribution in [0.2, 0.25) is 0 Å². The van der Waals surface area contributed by atoms with Crippen molar-refractivity contribution in [2.75, 3.05) is 5.32 Å². The first-order valence-electron chi connectivity index (χ1n) is 8.47. The molecule has 0 aliphatic rings. The van der Waals surface area contributed by atoms with Gasteiger partial charge in [0.05, 0.1) is 5.69 Å². The van der Waals surface area contributed by atoms with Crippen molar-refractivity contribution < 1.29 is 4.79 Å². The standard InChI is InChI=1S/C22H22N2O/c1-15(2)17-8-10-20(11-9-17)24-22(25)19-6-4-18(5-7-19)21-14-16(3)12-13-23-21/h4-15H,1-3H3,(H,24,25). The number of hydrogen-bond acceptors (Lipinski definition) is 2. The lowest BCUT2D eigenvalue weighted by Crippen LogP contribution is -2.11. The summed E-state index contributed by atoms with van der Waals surface area (Å²) in [4.78, 5) is 16.8. The van der Waals surface area contributed by atoms with E-state index in [1.807, 2.05) is 67.6 Å². The number of amides is 1. The fraction of sp³-hybridized carbons (Fsp3) is 0.182. The Morgan fingerprint density at radius 1 is 0.960 bits per heavy atom. The van der Waals surface area contributed by atoms with Crippen molar-refractivity contribution in [3.05, 3.63) is 83.6 Å². The lowest BCUT2D eigenvalue weighted by molar-refractivity contribution is 0.102. The van der Waals surface area contributed by atoms with Crippen LogP contribution in [-0.4, -0.2) is 10.9 Å². The van der Waals surface area contributed by atoms with Crippen molar-refractivity contribution in [3.63, 3.8) is 0 Å². The lowest BCUT2D eigenvalue weighted by atomic mass is 10.0. The first-order chi connectivity index (χ1) is 12.0. The number of carbonyl (C=O) groups is 1. The molecule has 3 rings (SSSR count). The predicted octanol–water partition coefficient (Wildman–Crippen LogP) is 5.43. The second-order valence-electron chi connectivity index (χ2n) is 6.53. The molecule has 1 amide bonds. The van der Waals surface area contributed by atoms with Gasteiger partial charge in [-0.1, -0.05) is 38.1 Å². The van der Waals surface area contributed by atoms with Crippen molar-refractivity contribution in [3.8, 4) is 11.3 Å². The number of nitrogens with one attached hydrogen (secondary N) is 1. The van der Waals surface area contributed by atoms with E-state index in [-0.39, 0.29) is 5.91 Å². The Balaban J connectivity index is 1.72. The van der Waals surface area contributed by atoms with Crippen molar-refractivity contribution in [2.45, 2.75) is 26.7 Å².